The monoisotopic (exact) mass is 246 g/mol. The molecule has 0 aliphatic carbocycles. The molecule has 86 valence electrons. The molecule has 2 rings (SSSR count). The third-order valence-electron chi connectivity index (χ3n) is 1.96. The summed E-state index contributed by atoms with van der Waals surface area (Å²) in [6.45, 7) is 0.215. The lowest BCUT2D eigenvalue weighted by molar-refractivity contribution is 0.421. The quantitative estimate of drug-likeness (QED) is 0.886. The van der Waals surface area contributed by atoms with Gasteiger partial charge < -0.3 is 10.3 Å². The Morgan fingerprint density at radius 2 is 2.00 bits per heavy atom. The number of benzene rings is 1. The van der Waals surface area contributed by atoms with Gasteiger partial charge in [0.25, 0.3) is 0 Å². The molecule has 6 heteroatoms. The molecule has 0 saturated heterocycles. The predicted octanol–water partition coefficient (Wildman–Crippen LogP) is 2.50. The molecule has 0 bridgehead atoms. The molecule has 16 heavy (non-hydrogen) atoms. The van der Waals surface area contributed by atoms with Crippen molar-refractivity contribution in [2.24, 2.45) is 5.73 Å². The molecular formula is C10H9ClF2N2O. The molecule has 0 unspecified atom stereocenters. The summed E-state index contributed by atoms with van der Waals surface area (Å²) in [6.07, 6.45) is 0. The lowest BCUT2D eigenvalue weighted by Crippen LogP contribution is -1.94. The van der Waals surface area contributed by atoms with E-state index in [1.807, 2.05) is 0 Å². The van der Waals surface area contributed by atoms with Gasteiger partial charge in [0, 0.05) is 18.7 Å². The Hall–Kier alpha value is -1.46. The van der Waals surface area contributed by atoms with Gasteiger partial charge in [-0.1, -0.05) is 5.16 Å². The first-order valence-corrected chi connectivity index (χ1v) is 4.32. The average molecular weight is 247 g/mol. The second-order valence-electron chi connectivity index (χ2n) is 3.01. The van der Waals surface area contributed by atoms with E-state index in [4.69, 9.17) is 10.3 Å². The summed E-state index contributed by atoms with van der Waals surface area (Å²) in [4.78, 5) is 0. The molecule has 0 aliphatic rings. The van der Waals surface area contributed by atoms with Gasteiger partial charge in [-0.3, -0.25) is 0 Å². The Balaban J connectivity index is 0.00000128. The van der Waals surface area contributed by atoms with Gasteiger partial charge in [-0.05, 0) is 12.1 Å². The van der Waals surface area contributed by atoms with Gasteiger partial charge in [-0.15, -0.1) is 12.4 Å². The molecule has 1 aromatic carbocycles. The van der Waals surface area contributed by atoms with E-state index in [-0.39, 0.29) is 30.3 Å². The first-order chi connectivity index (χ1) is 7.20. The topological polar surface area (TPSA) is 52.0 Å². The van der Waals surface area contributed by atoms with E-state index >= 15 is 0 Å². The highest BCUT2D eigenvalue weighted by atomic mass is 35.5. The number of hydrogen-bond acceptors (Lipinski definition) is 3. The molecule has 0 spiro atoms. The maximum atomic E-state index is 13.3. The van der Waals surface area contributed by atoms with E-state index in [9.17, 15) is 8.78 Å². The Morgan fingerprint density at radius 3 is 2.56 bits per heavy atom. The average Bonchev–Trinajstić information content (AvgIpc) is 2.66. The second kappa shape index (κ2) is 5.05. The minimum Gasteiger partial charge on any atom is -0.356 e. The van der Waals surface area contributed by atoms with Crippen LogP contribution in [-0.4, -0.2) is 5.16 Å². The largest absolute Gasteiger partial charge is 0.356 e. The summed E-state index contributed by atoms with van der Waals surface area (Å²) in [5, 5.41) is 3.61. The van der Waals surface area contributed by atoms with Crippen LogP contribution in [0.15, 0.2) is 28.8 Å². The van der Waals surface area contributed by atoms with Gasteiger partial charge in [-0.2, -0.15) is 0 Å². The molecule has 0 radical (unpaired) electrons. The maximum Gasteiger partial charge on any atom is 0.170 e. The van der Waals surface area contributed by atoms with Crippen molar-refractivity contribution in [3.63, 3.8) is 0 Å². The summed E-state index contributed by atoms with van der Waals surface area (Å²) in [7, 11) is 0. The number of nitrogens with zero attached hydrogens (tertiary/aromatic N) is 1. The molecule has 2 aromatic rings. The van der Waals surface area contributed by atoms with Gasteiger partial charge in [0.15, 0.2) is 5.76 Å². The lowest BCUT2D eigenvalue weighted by Gasteiger charge is -1.97. The van der Waals surface area contributed by atoms with Crippen molar-refractivity contribution in [3.8, 4) is 11.3 Å². The summed E-state index contributed by atoms with van der Waals surface area (Å²) in [5.41, 5.74) is 6.02. The highest BCUT2D eigenvalue weighted by Crippen LogP contribution is 2.23. The lowest BCUT2D eigenvalue weighted by atomic mass is 10.1. The molecular weight excluding hydrogens is 238 g/mol. The van der Waals surface area contributed by atoms with E-state index in [1.54, 1.807) is 0 Å². The Labute approximate surface area is 96.6 Å². The van der Waals surface area contributed by atoms with Gasteiger partial charge in [0.05, 0.1) is 11.3 Å². The number of aromatic nitrogens is 1. The van der Waals surface area contributed by atoms with Crippen molar-refractivity contribution in [1.82, 2.24) is 5.16 Å². The molecule has 0 saturated carbocycles. The zero-order valence-electron chi connectivity index (χ0n) is 8.11. The van der Waals surface area contributed by atoms with Crippen LogP contribution in [0.5, 0.6) is 0 Å². The number of nitrogens with two attached hydrogens (primary N) is 1. The van der Waals surface area contributed by atoms with E-state index in [0.717, 1.165) is 12.1 Å². The molecule has 0 amide bonds. The second-order valence-corrected chi connectivity index (χ2v) is 3.01. The van der Waals surface area contributed by atoms with E-state index < -0.39 is 11.6 Å². The van der Waals surface area contributed by atoms with Crippen LogP contribution in [0.25, 0.3) is 11.3 Å². The Morgan fingerprint density at radius 1 is 1.25 bits per heavy atom. The molecule has 1 heterocycles. The van der Waals surface area contributed by atoms with E-state index in [0.29, 0.717) is 5.69 Å². The van der Waals surface area contributed by atoms with Crippen LogP contribution in [0.3, 0.4) is 0 Å². The molecule has 0 aliphatic heterocycles. The predicted molar refractivity (Wildman–Crippen MR) is 57.0 cm³/mol. The molecule has 3 nitrogen and oxygen atoms in total. The number of rotatable bonds is 2. The number of hydrogen-bond donors (Lipinski definition) is 1. The fourth-order valence-electron chi connectivity index (χ4n) is 1.22. The van der Waals surface area contributed by atoms with Crippen molar-refractivity contribution < 1.29 is 13.3 Å². The maximum absolute atomic E-state index is 13.3. The highest BCUT2D eigenvalue weighted by Gasteiger charge is 2.11. The standard InChI is InChI=1S/C10H8F2N2O.ClH/c11-6-1-2-8(9(12)3-6)10-4-7(5-13)14-15-10;/h1-4H,5,13H2;1H. The zero-order chi connectivity index (χ0) is 10.8. The first-order valence-electron chi connectivity index (χ1n) is 4.32. The minimum atomic E-state index is -0.685. The third kappa shape index (κ3) is 2.37. The smallest absolute Gasteiger partial charge is 0.170 e. The molecule has 0 atom stereocenters. The summed E-state index contributed by atoms with van der Waals surface area (Å²) < 4.78 is 30.8. The van der Waals surface area contributed by atoms with Crippen LogP contribution in [-0.2, 0) is 6.54 Å². The van der Waals surface area contributed by atoms with Crippen LogP contribution in [0.1, 0.15) is 5.69 Å². The fraction of sp³-hybridized carbons (Fsp3) is 0.100. The summed E-state index contributed by atoms with van der Waals surface area (Å²) in [5.74, 6) is -1.07. The first kappa shape index (κ1) is 12.6. The SMILES string of the molecule is Cl.NCc1cc(-c2ccc(F)cc2F)on1. The third-order valence-corrected chi connectivity index (χ3v) is 1.96. The van der Waals surface area contributed by atoms with E-state index in [1.165, 1.54) is 12.1 Å². The Bertz CT molecular complexity index is 487. The Kier molecular flexibility index (Phi) is 3.98. The molecule has 1 aromatic heterocycles. The van der Waals surface area contributed by atoms with Gasteiger partial charge >= 0.3 is 0 Å². The van der Waals surface area contributed by atoms with E-state index in [2.05, 4.69) is 5.16 Å². The zero-order valence-corrected chi connectivity index (χ0v) is 8.93. The molecule has 0 fully saturated rings. The summed E-state index contributed by atoms with van der Waals surface area (Å²) in [6, 6.07) is 4.77. The van der Waals surface area contributed by atoms with Crippen LogP contribution in [0, 0.1) is 11.6 Å². The van der Waals surface area contributed by atoms with Gasteiger partial charge in [0.1, 0.15) is 11.6 Å². The van der Waals surface area contributed by atoms with Crippen LogP contribution in [0.4, 0.5) is 8.78 Å². The number of halogens is 3. The van der Waals surface area contributed by atoms with Crippen LogP contribution < -0.4 is 5.73 Å². The van der Waals surface area contributed by atoms with Crippen molar-refractivity contribution in [1.29, 1.82) is 0 Å². The normalized spacial score (nSPS) is 9.94. The van der Waals surface area contributed by atoms with Crippen molar-refractivity contribution in [3.05, 3.63) is 41.6 Å². The van der Waals surface area contributed by atoms with Crippen molar-refractivity contribution in [2.45, 2.75) is 6.54 Å². The fourth-order valence-corrected chi connectivity index (χ4v) is 1.22. The van der Waals surface area contributed by atoms with Crippen LogP contribution >= 0.6 is 12.4 Å². The van der Waals surface area contributed by atoms with Crippen molar-refractivity contribution in [2.75, 3.05) is 0 Å². The molecule has 2 N–H and O–H groups in total. The summed E-state index contributed by atoms with van der Waals surface area (Å²) >= 11 is 0. The van der Waals surface area contributed by atoms with Gasteiger partial charge in [0.2, 0.25) is 0 Å². The van der Waals surface area contributed by atoms with Gasteiger partial charge in [-0.25, -0.2) is 8.78 Å². The van der Waals surface area contributed by atoms with Crippen LogP contribution in [0.2, 0.25) is 0 Å². The minimum absolute atomic E-state index is 0. The highest BCUT2D eigenvalue weighted by molar-refractivity contribution is 5.85. The van der Waals surface area contributed by atoms with Crippen molar-refractivity contribution >= 4 is 12.4 Å².